The van der Waals surface area contributed by atoms with Crippen molar-refractivity contribution in [3.05, 3.63) is 125 Å². The Balaban J connectivity index is 1.52. The molecule has 0 N–H and O–H groups in total. The monoisotopic (exact) mass is 680 g/mol. The molecule has 15 heteroatoms. The number of alkyl halides is 6. The third-order valence-electron chi connectivity index (χ3n) is 6.33. The van der Waals surface area contributed by atoms with Gasteiger partial charge in [0.05, 0.1) is 11.6 Å². The van der Waals surface area contributed by atoms with Crippen molar-refractivity contribution in [2.75, 3.05) is 0 Å². The SMILES string of the molecule is CCCc1ccc(-c2ccc(C(F)(F)Oc3cc(F)c(C(F)(F)Oc4ccc(OC(F)(F)C=C(F)F)c(F)c4)c(F)c3)c(F)c2)cc1. The smallest absolute Gasteiger partial charge is 0.429 e. The Bertz CT molecular complexity index is 1750. The molecule has 0 heterocycles. The van der Waals surface area contributed by atoms with Gasteiger partial charge in [-0.15, -0.1) is 0 Å². The highest BCUT2D eigenvalue weighted by Gasteiger charge is 2.43. The van der Waals surface area contributed by atoms with Gasteiger partial charge in [0.2, 0.25) is 0 Å². The molecule has 0 unspecified atom stereocenters. The molecule has 0 aliphatic heterocycles. The third-order valence-corrected chi connectivity index (χ3v) is 6.33. The zero-order valence-corrected chi connectivity index (χ0v) is 23.7. The van der Waals surface area contributed by atoms with Crippen molar-refractivity contribution >= 4 is 0 Å². The van der Waals surface area contributed by atoms with Crippen LogP contribution < -0.4 is 14.2 Å². The van der Waals surface area contributed by atoms with Gasteiger partial charge < -0.3 is 14.2 Å². The van der Waals surface area contributed by atoms with Crippen molar-refractivity contribution in [3.8, 4) is 28.4 Å². The molecule has 0 radical (unpaired) electrons. The van der Waals surface area contributed by atoms with Crippen LogP contribution in [0.4, 0.5) is 52.7 Å². The Labute approximate surface area is 258 Å². The van der Waals surface area contributed by atoms with Gasteiger partial charge in [-0.1, -0.05) is 43.7 Å². The van der Waals surface area contributed by atoms with Gasteiger partial charge in [-0.2, -0.15) is 35.1 Å². The summed E-state index contributed by atoms with van der Waals surface area (Å²) in [5, 5.41) is 0. The van der Waals surface area contributed by atoms with E-state index >= 15 is 0 Å². The van der Waals surface area contributed by atoms with Crippen LogP contribution in [0.5, 0.6) is 17.2 Å². The number of halogens is 12. The maximum atomic E-state index is 14.9. The van der Waals surface area contributed by atoms with Crippen molar-refractivity contribution in [2.24, 2.45) is 0 Å². The molecule has 47 heavy (non-hydrogen) atoms. The van der Waals surface area contributed by atoms with E-state index in [-0.39, 0.29) is 29.8 Å². The average Bonchev–Trinajstić information content (AvgIpc) is 2.93. The number of aryl methyl sites for hydroxylation is 1. The van der Waals surface area contributed by atoms with Crippen LogP contribution in [0.3, 0.4) is 0 Å². The summed E-state index contributed by atoms with van der Waals surface area (Å²) in [4.78, 5) is 0. The first kappa shape index (κ1) is 35.0. The predicted molar refractivity (Wildman–Crippen MR) is 144 cm³/mol. The Morgan fingerprint density at radius 1 is 0.617 bits per heavy atom. The van der Waals surface area contributed by atoms with Crippen LogP contribution in [0.25, 0.3) is 11.1 Å². The first-order valence-corrected chi connectivity index (χ1v) is 13.3. The molecule has 4 rings (SSSR count). The lowest BCUT2D eigenvalue weighted by molar-refractivity contribution is -0.191. The molecule has 0 aliphatic carbocycles. The van der Waals surface area contributed by atoms with E-state index in [0.29, 0.717) is 17.7 Å². The highest BCUT2D eigenvalue weighted by atomic mass is 19.3. The first-order valence-electron chi connectivity index (χ1n) is 13.3. The number of rotatable bonds is 12. The number of hydrogen-bond acceptors (Lipinski definition) is 3. The van der Waals surface area contributed by atoms with Gasteiger partial charge in [0, 0.05) is 18.2 Å². The van der Waals surface area contributed by atoms with Crippen LogP contribution in [-0.2, 0) is 18.6 Å². The van der Waals surface area contributed by atoms with Gasteiger partial charge in [-0.05, 0) is 47.4 Å². The standard InChI is InChI=1S/C32H20F12O3/c1-2-3-17-4-6-18(7-5-17)19-8-10-22(23(33)12-19)31(41,42)46-21-14-25(35)29(26(36)15-21)32(43,44)45-20-9-11-27(24(34)13-20)47-30(39,40)16-28(37)38/h4-16H,2-3H2,1H3. The van der Waals surface area contributed by atoms with Gasteiger partial charge >= 0.3 is 18.3 Å². The molecule has 0 saturated carbocycles. The number of ether oxygens (including phenoxy) is 3. The van der Waals surface area contributed by atoms with E-state index < -0.39 is 82.1 Å². The van der Waals surface area contributed by atoms with Crippen molar-refractivity contribution in [2.45, 2.75) is 38.1 Å². The molecule has 4 aromatic rings. The number of benzene rings is 4. The minimum absolute atomic E-state index is 0.0178. The van der Waals surface area contributed by atoms with E-state index in [4.69, 9.17) is 0 Å². The number of hydrogen-bond donors (Lipinski definition) is 0. The van der Waals surface area contributed by atoms with Crippen LogP contribution in [-0.4, -0.2) is 6.11 Å². The second-order valence-corrected chi connectivity index (χ2v) is 9.83. The summed E-state index contributed by atoms with van der Waals surface area (Å²) >= 11 is 0. The molecule has 0 spiro atoms. The fourth-order valence-electron chi connectivity index (χ4n) is 4.30. The van der Waals surface area contributed by atoms with Gasteiger partial charge in [-0.25, -0.2) is 17.6 Å². The van der Waals surface area contributed by atoms with Crippen molar-refractivity contribution in [1.29, 1.82) is 0 Å². The van der Waals surface area contributed by atoms with E-state index in [1.165, 1.54) is 0 Å². The quantitative estimate of drug-likeness (QED) is 0.139. The highest BCUT2D eigenvalue weighted by molar-refractivity contribution is 5.64. The Kier molecular flexibility index (Phi) is 10.1. The maximum Gasteiger partial charge on any atom is 0.432 e. The van der Waals surface area contributed by atoms with Crippen molar-refractivity contribution in [3.63, 3.8) is 0 Å². The largest absolute Gasteiger partial charge is 0.432 e. The summed E-state index contributed by atoms with van der Waals surface area (Å²) in [5.41, 5.74) is -1.72. The average molecular weight is 680 g/mol. The molecule has 4 aromatic carbocycles. The molecule has 0 aromatic heterocycles. The topological polar surface area (TPSA) is 27.7 Å². The van der Waals surface area contributed by atoms with Gasteiger partial charge in [0.1, 0.15) is 34.5 Å². The summed E-state index contributed by atoms with van der Waals surface area (Å²) in [6, 6.07) is 10.1. The Morgan fingerprint density at radius 3 is 1.74 bits per heavy atom. The Hall–Kier alpha value is -4.82. The molecule has 0 bridgehead atoms. The van der Waals surface area contributed by atoms with Gasteiger partial charge in [0.25, 0.3) is 6.08 Å². The summed E-state index contributed by atoms with van der Waals surface area (Å²) in [5.74, 6) is -11.5. The molecule has 0 aliphatic rings. The zero-order chi connectivity index (χ0) is 34.7. The molecule has 250 valence electrons. The molecule has 3 nitrogen and oxygen atoms in total. The molecule has 0 fully saturated rings. The van der Waals surface area contributed by atoms with Gasteiger partial charge in [-0.3, -0.25) is 0 Å². The zero-order valence-electron chi connectivity index (χ0n) is 23.7. The molecular formula is C32H20F12O3. The van der Waals surface area contributed by atoms with Crippen molar-refractivity contribution < 1.29 is 66.9 Å². The van der Waals surface area contributed by atoms with Crippen LogP contribution in [0, 0.1) is 23.3 Å². The Morgan fingerprint density at radius 2 is 1.19 bits per heavy atom. The lowest BCUT2D eigenvalue weighted by Crippen LogP contribution is -2.27. The summed E-state index contributed by atoms with van der Waals surface area (Å²) in [7, 11) is 0. The van der Waals surface area contributed by atoms with Crippen LogP contribution in [0.2, 0.25) is 0 Å². The third kappa shape index (κ3) is 8.51. The van der Waals surface area contributed by atoms with E-state index in [1.807, 2.05) is 6.92 Å². The fourth-order valence-corrected chi connectivity index (χ4v) is 4.30. The van der Waals surface area contributed by atoms with Crippen molar-refractivity contribution in [1.82, 2.24) is 0 Å². The minimum atomic E-state index is -4.97. The van der Waals surface area contributed by atoms with E-state index in [1.54, 1.807) is 24.3 Å². The van der Waals surface area contributed by atoms with Crippen LogP contribution in [0.1, 0.15) is 30.0 Å². The lowest BCUT2D eigenvalue weighted by atomic mass is 10.0. The highest BCUT2D eigenvalue weighted by Crippen LogP contribution is 2.40. The lowest BCUT2D eigenvalue weighted by Gasteiger charge is -2.22. The second-order valence-electron chi connectivity index (χ2n) is 9.83. The molecular weight excluding hydrogens is 660 g/mol. The predicted octanol–water partition coefficient (Wildman–Crippen LogP) is 10.9. The summed E-state index contributed by atoms with van der Waals surface area (Å²) in [6.45, 7) is 1.98. The van der Waals surface area contributed by atoms with E-state index in [2.05, 4.69) is 14.2 Å². The molecule has 0 amide bonds. The second kappa shape index (κ2) is 13.5. The maximum absolute atomic E-state index is 14.9. The normalized spacial score (nSPS) is 12.1. The van der Waals surface area contributed by atoms with Gasteiger partial charge in [0.15, 0.2) is 11.6 Å². The van der Waals surface area contributed by atoms with Crippen LogP contribution >= 0.6 is 0 Å². The summed E-state index contributed by atoms with van der Waals surface area (Å²) < 4.78 is 180. The molecule has 0 saturated heterocycles. The molecule has 0 atom stereocenters. The van der Waals surface area contributed by atoms with E-state index in [9.17, 15) is 52.7 Å². The van der Waals surface area contributed by atoms with Crippen LogP contribution in [0.15, 0.2) is 85.0 Å². The minimum Gasteiger partial charge on any atom is -0.429 e. The summed E-state index contributed by atoms with van der Waals surface area (Å²) in [6.07, 6.45) is -16.4. The first-order chi connectivity index (χ1) is 21.9. The fraction of sp³-hybridized carbons (Fsp3) is 0.188. The van der Waals surface area contributed by atoms with E-state index in [0.717, 1.165) is 30.5 Å².